The molecule has 6 nitrogen and oxygen atoms in total. The van der Waals surface area contributed by atoms with Gasteiger partial charge in [0.05, 0.1) is 0 Å². The molecule has 0 aliphatic carbocycles. The summed E-state index contributed by atoms with van der Waals surface area (Å²) in [5, 5.41) is 2.81. The molecular weight excluding hydrogens is 492 g/mol. The predicted molar refractivity (Wildman–Crippen MR) is 154 cm³/mol. The van der Waals surface area contributed by atoms with E-state index in [0.29, 0.717) is 19.8 Å². The fourth-order valence-electron chi connectivity index (χ4n) is 3.72. The summed E-state index contributed by atoms with van der Waals surface area (Å²) in [4.78, 5) is 13.9. The minimum Gasteiger partial charge on any atom is -0.373 e. The van der Waals surface area contributed by atoms with Crippen molar-refractivity contribution in [2.45, 2.75) is 58.9 Å². The number of anilines is 3. The van der Waals surface area contributed by atoms with E-state index in [1.165, 1.54) is 6.08 Å². The van der Waals surface area contributed by atoms with E-state index in [1.807, 2.05) is 42.5 Å². The Morgan fingerprint density at radius 1 is 0.917 bits per heavy atom. The highest BCUT2D eigenvalue weighted by Crippen LogP contribution is 2.33. The van der Waals surface area contributed by atoms with Crippen LogP contribution in [0.15, 0.2) is 67.3 Å². The number of halogens is 1. The standard InChI is InChI=1S/C28H42N2O4Si.ClH/c1-6-21-32-35(33-22-7-2,34-23-8-3)24(5)19-20-30(26-13-11-10-12-14-26)27-17-15-25(16-18-27)29-28(31)9-4;/h9-18,24H,4,6-8,19-23H2,1-3,5H3,(H,29,31);1H. The second-order valence-electron chi connectivity index (χ2n) is 8.57. The van der Waals surface area contributed by atoms with Crippen LogP contribution < -0.4 is 10.2 Å². The number of hydrogen-bond acceptors (Lipinski definition) is 5. The van der Waals surface area contributed by atoms with Gasteiger partial charge in [0.25, 0.3) is 0 Å². The quantitative estimate of drug-likeness (QED) is 0.169. The number of amides is 1. The number of hydrogen-bond donors (Lipinski definition) is 1. The summed E-state index contributed by atoms with van der Waals surface area (Å²) in [6.07, 6.45) is 4.91. The summed E-state index contributed by atoms with van der Waals surface area (Å²) < 4.78 is 19.1. The average Bonchev–Trinajstić information content (AvgIpc) is 2.90. The third-order valence-electron chi connectivity index (χ3n) is 5.61. The zero-order valence-electron chi connectivity index (χ0n) is 22.2. The van der Waals surface area contributed by atoms with Gasteiger partial charge in [-0.2, -0.15) is 0 Å². The van der Waals surface area contributed by atoms with Gasteiger partial charge >= 0.3 is 8.80 Å². The van der Waals surface area contributed by atoms with Crippen LogP contribution in [0.5, 0.6) is 0 Å². The second kappa shape index (κ2) is 17.3. The molecule has 1 unspecified atom stereocenters. The fourth-order valence-corrected chi connectivity index (χ4v) is 6.77. The molecule has 0 fully saturated rings. The number of nitrogens with zero attached hydrogens (tertiary/aromatic N) is 1. The molecule has 0 radical (unpaired) electrons. The van der Waals surface area contributed by atoms with Gasteiger partial charge in [-0.3, -0.25) is 4.79 Å². The topological polar surface area (TPSA) is 60.0 Å². The van der Waals surface area contributed by atoms with Crippen molar-refractivity contribution in [2.24, 2.45) is 0 Å². The summed E-state index contributed by atoms with van der Waals surface area (Å²) in [5.74, 6) is -0.223. The van der Waals surface area contributed by atoms with E-state index >= 15 is 0 Å². The molecule has 0 saturated heterocycles. The Morgan fingerprint density at radius 2 is 1.42 bits per heavy atom. The molecule has 200 valence electrons. The monoisotopic (exact) mass is 534 g/mol. The van der Waals surface area contributed by atoms with Crippen LogP contribution in [0.1, 0.15) is 53.4 Å². The van der Waals surface area contributed by atoms with Crippen LogP contribution >= 0.6 is 12.4 Å². The van der Waals surface area contributed by atoms with Crippen LogP contribution in [-0.4, -0.2) is 41.1 Å². The van der Waals surface area contributed by atoms with E-state index in [1.54, 1.807) is 0 Å². The van der Waals surface area contributed by atoms with E-state index in [-0.39, 0.29) is 23.9 Å². The molecular formula is C28H43ClN2O4Si. The fraction of sp³-hybridized carbons (Fsp3) is 0.464. The van der Waals surface area contributed by atoms with Crippen molar-refractivity contribution in [3.8, 4) is 0 Å². The van der Waals surface area contributed by atoms with Crippen LogP contribution in [0.2, 0.25) is 5.54 Å². The normalized spacial score (nSPS) is 11.9. The molecule has 0 aliphatic rings. The lowest BCUT2D eigenvalue weighted by Gasteiger charge is -2.35. The predicted octanol–water partition coefficient (Wildman–Crippen LogP) is 7.37. The van der Waals surface area contributed by atoms with E-state index in [2.05, 4.69) is 56.6 Å². The van der Waals surface area contributed by atoms with Gasteiger partial charge in [0.15, 0.2) is 0 Å². The lowest BCUT2D eigenvalue weighted by Crippen LogP contribution is -2.50. The Bertz CT molecular complexity index is 861. The number of nitrogens with one attached hydrogen (secondary N) is 1. The zero-order chi connectivity index (χ0) is 25.5. The summed E-state index contributed by atoms with van der Waals surface area (Å²) in [6, 6.07) is 18.2. The number of carbonyl (C=O) groups excluding carboxylic acids is 1. The molecule has 0 saturated carbocycles. The minimum absolute atomic E-state index is 0. The third kappa shape index (κ3) is 9.71. The van der Waals surface area contributed by atoms with Crippen molar-refractivity contribution in [1.29, 1.82) is 0 Å². The Hall–Kier alpha value is -2.16. The molecule has 0 bridgehead atoms. The molecule has 2 aromatic rings. The smallest absolute Gasteiger partial charge is 0.373 e. The molecule has 1 amide bonds. The first-order chi connectivity index (χ1) is 17.0. The Balaban J connectivity index is 0.00000648. The number of benzene rings is 2. The van der Waals surface area contributed by atoms with Crippen molar-refractivity contribution in [3.05, 3.63) is 67.3 Å². The van der Waals surface area contributed by atoms with Crippen molar-refractivity contribution in [1.82, 2.24) is 0 Å². The van der Waals surface area contributed by atoms with Gasteiger partial charge in [-0.05, 0) is 68.2 Å². The summed E-state index contributed by atoms with van der Waals surface area (Å²) in [7, 11) is -2.85. The first-order valence-electron chi connectivity index (χ1n) is 12.8. The lowest BCUT2D eigenvalue weighted by atomic mass is 10.2. The first-order valence-corrected chi connectivity index (χ1v) is 14.6. The van der Waals surface area contributed by atoms with Crippen molar-refractivity contribution < 1.29 is 18.1 Å². The highest BCUT2D eigenvalue weighted by atomic mass is 35.5. The van der Waals surface area contributed by atoms with Crippen LogP contribution in [0, 0.1) is 0 Å². The van der Waals surface area contributed by atoms with Crippen molar-refractivity contribution >= 4 is 44.2 Å². The van der Waals surface area contributed by atoms with Gasteiger partial charge in [-0.15, -0.1) is 12.4 Å². The third-order valence-corrected chi connectivity index (χ3v) is 8.93. The molecule has 0 aromatic heterocycles. The van der Waals surface area contributed by atoms with Gasteiger partial charge in [0, 0.05) is 49.0 Å². The number of para-hydroxylation sites is 1. The lowest BCUT2D eigenvalue weighted by molar-refractivity contribution is -0.111. The highest BCUT2D eigenvalue weighted by Gasteiger charge is 2.47. The molecule has 2 rings (SSSR count). The Labute approximate surface area is 224 Å². The van der Waals surface area contributed by atoms with Crippen molar-refractivity contribution in [2.75, 3.05) is 36.6 Å². The minimum atomic E-state index is -2.85. The molecule has 1 atom stereocenters. The van der Waals surface area contributed by atoms with Crippen LogP contribution in [0.3, 0.4) is 0 Å². The van der Waals surface area contributed by atoms with Gasteiger partial charge in [-0.25, -0.2) is 0 Å². The van der Waals surface area contributed by atoms with Gasteiger partial charge in [0.1, 0.15) is 0 Å². The molecule has 1 N–H and O–H groups in total. The largest absolute Gasteiger partial charge is 0.504 e. The van der Waals surface area contributed by atoms with Gasteiger partial charge in [0.2, 0.25) is 5.91 Å². The van der Waals surface area contributed by atoms with E-state index in [0.717, 1.165) is 49.3 Å². The summed E-state index contributed by atoms with van der Waals surface area (Å²) in [5.41, 5.74) is 3.03. The Morgan fingerprint density at radius 3 is 1.89 bits per heavy atom. The van der Waals surface area contributed by atoms with E-state index in [9.17, 15) is 4.79 Å². The molecule has 0 heterocycles. The summed E-state index contributed by atoms with van der Waals surface area (Å²) in [6.45, 7) is 14.8. The maximum atomic E-state index is 11.6. The maximum absolute atomic E-state index is 11.6. The number of carbonyl (C=O) groups is 1. The highest BCUT2D eigenvalue weighted by molar-refractivity contribution is 6.62. The molecule has 2 aromatic carbocycles. The molecule has 0 spiro atoms. The van der Waals surface area contributed by atoms with E-state index in [4.69, 9.17) is 13.3 Å². The van der Waals surface area contributed by atoms with E-state index < -0.39 is 8.80 Å². The average molecular weight is 535 g/mol. The Kier molecular flexibility index (Phi) is 15.3. The molecule has 0 aliphatic heterocycles. The van der Waals surface area contributed by atoms with Gasteiger partial charge in [-0.1, -0.05) is 52.5 Å². The van der Waals surface area contributed by atoms with Crippen LogP contribution in [0.4, 0.5) is 17.1 Å². The number of rotatable bonds is 17. The van der Waals surface area contributed by atoms with Crippen LogP contribution in [0.25, 0.3) is 0 Å². The van der Waals surface area contributed by atoms with Gasteiger partial charge < -0.3 is 23.5 Å². The first kappa shape index (κ1) is 31.9. The molecule has 36 heavy (non-hydrogen) atoms. The van der Waals surface area contributed by atoms with Crippen LogP contribution in [-0.2, 0) is 18.1 Å². The second-order valence-corrected chi connectivity index (χ2v) is 11.6. The summed E-state index contributed by atoms with van der Waals surface area (Å²) >= 11 is 0. The zero-order valence-corrected chi connectivity index (χ0v) is 24.0. The van der Waals surface area contributed by atoms with Crippen molar-refractivity contribution in [3.63, 3.8) is 0 Å². The maximum Gasteiger partial charge on any atom is 0.504 e. The SMILES string of the molecule is C=CC(=O)Nc1ccc(N(CCC(C)[Si](OCCC)(OCCC)OCCC)c2ccccc2)cc1.Cl. The molecule has 8 heteroatoms.